The van der Waals surface area contributed by atoms with Crippen LogP contribution in [0.3, 0.4) is 0 Å². The maximum Gasteiger partial charge on any atom is 0.333 e. The first-order valence-electron chi connectivity index (χ1n) is 22.4. The number of carbonyl (C=O) groups is 1. The molecule has 0 saturated heterocycles. The lowest BCUT2D eigenvalue weighted by Crippen LogP contribution is -2.44. The van der Waals surface area contributed by atoms with Crippen molar-refractivity contribution in [1.29, 1.82) is 0 Å². The first-order valence-corrected chi connectivity index (χ1v) is 22.4. The third-order valence-electron chi connectivity index (χ3n) is 10.5. The Hall–Kier alpha value is -3.82. The molecule has 5 rings (SSSR count). The van der Waals surface area contributed by atoms with Gasteiger partial charge in [-0.1, -0.05) is 62.8 Å². The van der Waals surface area contributed by atoms with Crippen LogP contribution in [0.2, 0.25) is 0 Å². The number of ether oxygens (including phenoxy) is 9. The summed E-state index contributed by atoms with van der Waals surface area (Å²) in [7, 11) is 1.64. The van der Waals surface area contributed by atoms with E-state index in [0.29, 0.717) is 129 Å². The maximum atomic E-state index is 13.7. The van der Waals surface area contributed by atoms with Crippen LogP contribution in [0.5, 0.6) is 0 Å². The van der Waals surface area contributed by atoms with Crippen LogP contribution in [-0.2, 0) is 47.4 Å². The summed E-state index contributed by atoms with van der Waals surface area (Å²) in [5.41, 5.74) is 1.86. The van der Waals surface area contributed by atoms with E-state index in [2.05, 4.69) is 4.98 Å². The van der Waals surface area contributed by atoms with Crippen molar-refractivity contribution in [3.8, 4) is 11.4 Å². The lowest BCUT2D eigenvalue weighted by atomic mass is 9.94. The molecule has 1 aromatic carbocycles. The summed E-state index contributed by atoms with van der Waals surface area (Å²) in [6.45, 7) is 8.90. The smallest absolute Gasteiger partial charge is 0.333 e. The van der Waals surface area contributed by atoms with Crippen LogP contribution >= 0.6 is 0 Å². The molecule has 2 saturated carbocycles. The number of methoxy groups -OCH3 is 1. The van der Waals surface area contributed by atoms with Crippen LogP contribution in [0.25, 0.3) is 28.6 Å². The van der Waals surface area contributed by atoms with Crippen molar-refractivity contribution in [3.05, 3.63) is 56.7 Å². The Kier molecular flexibility index (Phi) is 26.3. The molecule has 2 heterocycles. The Morgan fingerprint density at radius 3 is 1.46 bits per heavy atom. The van der Waals surface area contributed by atoms with E-state index in [4.69, 9.17) is 57.8 Å². The third-order valence-corrected chi connectivity index (χ3v) is 10.5. The van der Waals surface area contributed by atoms with Gasteiger partial charge < -0.3 is 57.8 Å². The molecule has 0 unspecified atom stereocenters. The van der Waals surface area contributed by atoms with Gasteiger partial charge in [-0.3, -0.25) is 13.9 Å². The van der Waals surface area contributed by atoms with E-state index in [0.717, 1.165) is 75.0 Å². The van der Waals surface area contributed by atoms with Gasteiger partial charge in [-0.2, -0.15) is 0 Å². The Bertz CT molecular complexity index is 1790. The molecular weight excluding hydrogens is 821 g/mol. The number of imidazole rings is 1. The zero-order valence-electron chi connectivity index (χ0n) is 37.1. The highest BCUT2D eigenvalue weighted by molar-refractivity contribution is 5.85. The van der Waals surface area contributed by atoms with Crippen molar-refractivity contribution in [2.45, 2.75) is 76.3 Å². The molecule has 2 aromatic heterocycles. The molecule has 0 bridgehead atoms. The predicted octanol–water partition coefficient (Wildman–Crippen LogP) is 4.42. The van der Waals surface area contributed by atoms with Gasteiger partial charge in [0.05, 0.1) is 119 Å². The highest BCUT2D eigenvalue weighted by atomic mass is 16.6. The van der Waals surface area contributed by atoms with Crippen LogP contribution in [0.4, 0.5) is 0 Å². The van der Waals surface area contributed by atoms with E-state index in [1.807, 2.05) is 12.1 Å². The first kappa shape index (κ1) is 51.8. The van der Waals surface area contributed by atoms with Crippen LogP contribution in [-0.4, -0.2) is 161 Å². The molecule has 18 heteroatoms. The summed E-state index contributed by atoms with van der Waals surface area (Å²) in [6, 6.07) is 7.27. The molecule has 0 spiro atoms. The molecule has 0 radical (unpaired) electrons. The minimum absolute atomic E-state index is 0.0322. The van der Waals surface area contributed by atoms with E-state index in [9.17, 15) is 14.4 Å². The summed E-state index contributed by atoms with van der Waals surface area (Å²) < 4.78 is 50.7. The highest BCUT2D eigenvalue weighted by Crippen LogP contribution is 2.31. The number of fused-ring (bicyclic) bond motifs is 1. The van der Waals surface area contributed by atoms with Crippen molar-refractivity contribution in [2.75, 3.05) is 126 Å². The fraction of sp³-hybridized carbons (Fsp3) is 0.689. The standard InChI is InChI=1S/C26H30N4O4.C19H40O10/c31-21(32)16-13-17-11-14-18(15-12-17)23-27-22-24(28-23)29(19-7-3-1-4-8-19)26(34)30(25(22)33)20-9-5-2-6-10-20;1-21-4-5-23-8-9-25-12-13-27-16-17-29-19-18-28-15-14-26-11-10-24-7-6-22-3-2-20/h11-16,19-20H,1-10H2,(H,27,28)(H,31,32);20H,2-19H2,1H3/b16-13+;. The average molecular weight is 891 g/mol. The highest BCUT2D eigenvalue weighted by Gasteiger charge is 2.28. The number of aliphatic hydroxyl groups is 1. The second-order valence-corrected chi connectivity index (χ2v) is 15.1. The number of hydrogen-bond acceptors (Lipinski definition) is 14. The van der Waals surface area contributed by atoms with Gasteiger partial charge in [-0.15, -0.1) is 0 Å². The fourth-order valence-corrected chi connectivity index (χ4v) is 7.34. The van der Waals surface area contributed by atoms with Gasteiger partial charge in [0.25, 0.3) is 5.56 Å². The van der Waals surface area contributed by atoms with Crippen LogP contribution in [0, 0.1) is 0 Å². The SMILES string of the molecule is COCCOCCOCCOCCOCCOCCOCCOCCOCCO.O=C(O)/C=C/c1ccc(-c2nc3c([nH]2)c(=O)n(C2CCCCC2)c(=O)n3C2CCCCC2)cc1. The molecule has 0 atom stereocenters. The Balaban J connectivity index is 0.000000282. The number of H-pyrrole nitrogens is 1. The molecule has 2 fully saturated rings. The minimum Gasteiger partial charge on any atom is -0.478 e. The van der Waals surface area contributed by atoms with Gasteiger partial charge in [-0.25, -0.2) is 14.6 Å². The zero-order valence-corrected chi connectivity index (χ0v) is 37.1. The summed E-state index contributed by atoms with van der Waals surface area (Å²) in [4.78, 5) is 46.0. The van der Waals surface area contributed by atoms with Crippen LogP contribution in [0.15, 0.2) is 39.9 Å². The number of nitrogens with zero attached hydrogens (tertiary/aromatic N) is 3. The Labute approximate surface area is 369 Å². The number of hydrogen-bond donors (Lipinski definition) is 3. The number of benzene rings is 1. The number of aromatic amines is 1. The van der Waals surface area contributed by atoms with Crippen molar-refractivity contribution in [3.63, 3.8) is 0 Å². The first-order chi connectivity index (χ1) is 30.9. The molecule has 2 aliphatic rings. The molecule has 354 valence electrons. The van der Waals surface area contributed by atoms with E-state index >= 15 is 0 Å². The summed E-state index contributed by atoms with van der Waals surface area (Å²) in [5, 5.41) is 17.4. The fourth-order valence-electron chi connectivity index (χ4n) is 7.34. The van der Waals surface area contributed by atoms with Gasteiger partial charge in [0, 0.05) is 30.8 Å². The van der Waals surface area contributed by atoms with Gasteiger partial charge in [0.2, 0.25) is 0 Å². The number of aliphatic hydroxyl groups excluding tert-OH is 1. The quantitative estimate of drug-likeness (QED) is 0.0603. The van der Waals surface area contributed by atoms with Gasteiger partial charge in [0.15, 0.2) is 5.65 Å². The number of carboxylic acid groups (broad SMARTS) is 1. The predicted molar refractivity (Wildman–Crippen MR) is 236 cm³/mol. The monoisotopic (exact) mass is 890 g/mol. The molecule has 18 nitrogen and oxygen atoms in total. The molecule has 0 aliphatic heterocycles. The number of carboxylic acids is 1. The molecule has 63 heavy (non-hydrogen) atoms. The topological polar surface area (TPSA) is 213 Å². The summed E-state index contributed by atoms with van der Waals surface area (Å²) in [6.07, 6.45) is 12.7. The Morgan fingerprint density at radius 1 is 0.635 bits per heavy atom. The molecule has 3 N–H and O–H groups in total. The Morgan fingerprint density at radius 2 is 1.05 bits per heavy atom. The van der Waals surface area contributed by atoms with Gasteiger partial charge in [-0.05, 0) is 37.3 Å². The molecule has 2 aliphatic carbocycles. The van der Waals surface area contributed by atoms with Crippen LogP contribution < -0.4 is 11.2 Å². The van der Waals surface area contributed by atoms with E-state index in [1.54, 1.807) is 23.8 Å². The van der Waals surface area contributed by atoms with Gasteiger partial charge in [0.1, 0.15) is 11.3 Å². The van der Waals surface area contributed by atoms with Crippen molar-refractivity contribution in [2.24, 2.45) is 0 Å². The number of aliphatic carboxylic acids is 1. The second-order valence-electron chi connectivity index (χ2n) is 15.1. The number of nitrogens with one attached hydrogen (secondary N) is 1. The van der Waals surface area contributed by atoms with E-state index in [1.165, 1.54) is 17.1 Å². The van der Waals surface area contributed by atoms with Crippen molar-refractivity contribution in [1.82, 2.24) is 19.1 Å². The van der Waals surface area contributed by atoms with Crippen LogP contribution in [0.1, 0.15) is 81.9 Å². The van der Waals surface area contributed by atoms with Crippen molar-refractivity contribution >= 4 is 23.2 Å². The number of aromatic nitrogens is 4. The second kappa shape index (κ2) is 31.9. The largest absolute Gasteiger partial charge is 0.478 e. The zero-order chi connectivity index (χ0) is 44.7. The maximum absolute atomic E-state index is 13.7. The number of rotatable bonds is 31. The van der Waals surface area contributed by atoms with Crippen molar-refractivity contribution < 1.29 is 57.6 Å². The molecule has 3 aromatic rings. The van der Waals surface area contributed by atoms with Gasteiger partial charge >= 0.3 is 11.7 Å². The minimum atomic E-state index is -1.00. The summed E-state index contributed by atoms with van der Waals surface area (Å²) in [5.74, 6) is -0.470. The third kappa shape index (κ3) is 19.4. The average Bonchev–Trinajstić information content (AvgIpc) is 3.75. The molecule has 0 amide bonds. The lowest BCUT2D eigenvalue weighted by Gasteiger charge is -2.28. The molecular formula is C45H70N4O14. The van der Waals surface area contributed by atoms with E-state index in [-0.39, 0.29) is 29.9 Å². The normalized spacial score (nSPS) is 15.0. The summed E-state index contributed by atoms with van der Waals surface area (Å²) >= 11 is 0. The van der Waals surface area contributed by atoms with E-state index < -0.39 is 5.97 Å². The lowest BCUT2D eigenvalue weighted by molar-refractivity contribution is -0.131.